The quantitative estimate of drug-likeness (QED) is 0.880. The molecule has 1 aliphatic rings. The number of rotatable bonds is 4. The largest absolute Gasteiger partial charge is 0.340 e. The third kappa shape index (κ3) is 3.54. The summed E-state index contributed by atoms with van der Waals surface area (Å²) >= 11 is 0. The van der Waals surface area contributed by atoms with E-state index in [2.05, 4.69) is 5.32 Å². The van der Waals surface area contributed by atoms with Crippen LogP contribution in [0.25, 0.3) is 0 Å². The minimum absolute atomic E-state index is 0.0146. The number of piperazine rings is 1. The van der Waals surface area contributed by atoms with Crippen molar-refractivity contribution in [1.82, 2.24) is 10.2 Å². The van der Waals surface area contributed by atoms with Crippen LogP contribution >= 0.6 is 0 Å². The van der Waals surface area contributed by atoms with Gasteiger partial charge < -0.3 is 10.2 Å². The Morgan fingerprint density at radius 1 is 0.958 bits per heavy atom. The average molecular weight is 322 g/mol. The highest BCUT2D eigenvalue weighted by molar-refractivity contribution is 6.09. The molecule has 1 heterocycles. The van der Waals surface area contributed by atoms with E-state index in [0.717, 1.165) is 31.7 Å². The SMILES string of the molecule is CC(C(=O)N1CCNCC1)c1cccc(C(=O)c2ccccc2)c1. The number of carbonyl (C=O) groups excluding carboxylic acids is 2. The molecule has 0 saturated carbocycles. The average Bonchev–Trinajstić information content (AvgIpc) is 2.67. The van der Waals surface area contributed by atoms with E-state index >= 15 is 0 Å². The van der Waals surface area contributed by atoms with Crippen LogP contribution in [0.2, 0.25) is 0 Å². The Morgan fingerprint density at radius 3 is 2.33 bits per heavy atom. The molecule has 1 atom stereocenters. The zero-order valence-corrected chi connectivity index (χ0v) is 13.9. The van der Waals surface area contributed by atoms with Crippen LogP contribution in [-0.4, -0.2) is 42.8 Å². The first-order valence-corrected chi connectivity index (χ1v) is 8.36. The van der Waals surface area contributed by atoms with Crippen LogP contribution < -0.4 is 5.32 Å². The van der Waals surface area contributed by atoms with Crippen molar-refractivity contribution in [2.45, 2.75) is 12.8 Å². The number of nitrogens with zero attached hydrogens (tertiary/aromatic N) is 1. The molecular formula is C20H22N2O2. The zero-order chi connectivity index (χ0) is 16.9. The number of hydrogen-bond acceptors (Lipinski definition) is 3. The Morgan fingerprint density at radius 2 is 1.62 bits per heavy atom. The van der Waals surface area contributed by atoms with Gasteiger partial charge in [0.2, 0.25) is 5.91 Å². The minimum Gasteiger partial charge on any atom is -0.340 e. The maximum absolute atomic E-state index is 12.7. The standard InChI is InChI=1S/C20H22N2O2/c1-15(20(24)22-12-10-21-11-13-22)17-8-5-9-18(14-17)19(23)16-6-3-2-4-7-16/h2-9,14-15,21H,10-13H2,1H3. The van der Waals surface area contributed by atoms with Gasteiger partial charge in [0.25, 0.3) is 0 Å². The van der Waals surface area contributed by atoms with Crippen molar-refractivity contribution < 1.29 is 9.59 Å². The summed E-state index contributed by atoms with van der Waals surface area (Å²) < 4.78 is 0. The fraction of sp³-hybridized carbons (Fsp3) is 0.300. The lowest BCUT2D eigenvalue weighted by Crippen LogP contribution is -2.47. The fourth-order valence-electron chi connectivity index (χ4n) is 3.01. The molecular weight excluding hydrogens is 300 g/mol. The molecule has 0 aliphatic carbocycles. The lowest BCUT2D eigenvalue weighted by molar-refractivity contribution is -0.133. The number of nitrogens with one attached hydrogen (secondary N) is 1. The molecule has 24 heavy (non-hydrogen) atoms. The first-order chi connectivity index (χ1) is 11.7. The Kier molecular flexibility index (Phi) is 5.06. The molecule has 0 spiro atoms. The second-order valence-electron chi connectivity index (χ2n) is 6.12. The molecule has 1 unspecified atom stereocenters. The van der Waals surface area contributed by atoms with Crippen LogP contribution in [0.4, 0.5) is 0 Å². The van der Waals surface area contributed by atoms with E-state index in [1.54, 1.807) is 6.07 Å². The minimum atomic E-state index is -0.244. The summed E-state index contributed by atoms with van der Waals surface area (Å²) in [7, 11) is 0. The first kappa shape index (κ1) is 16.4. The highest BCUT2D eigenvalue weighted by atomic mass is 16.2. The molecule has 3 rings (SSSR count). The summed E-state index contributed by atoms with van der Waals surface area (Å²) in [6.07, 6.45) is 0. The second-order valence-corrected chi connectivity index (χ2v) is 6.12. The van der Waals surface area contributed by atoms with E-state index < -0.39 is 0 Å². The van der Waals surface area contributed by atoms with Crippen molar-refractivity contribution in [2.75, 3.05) is 26.2 Å². The molecule has 1 N–H and O–H groups in total. The Bertz CT molecular complexity index is 721. The maximum Gasteiger partial charge on any atom is 0.229 e. The molecule has 1 saturated heterocycles. The third-order valence-electron chi connectivity index (χ3n) is 4.48. The summed E-state index contributed by atoms with van der Waals surface area (Å²) in [5.74, 6) is -0.133. The van der Waals surface area contributed by atoms with Crippen LogP contribution in [0.3, 0.4) is 0 Å². The maximum atomic E-state index is 12.7. The Balaban J connectivity index is 1.79. The summed E-state index contributed by atoms with van der Waals surface area (Å²) in [5.41, 5.74) is 2.18. The van der Waals surface area contributed by atoms with Crippen molar-refractivity contribution in [3.05, 3.63) is 71.3 Å². The molecule has 0 radical (unpaired) electrons. The van der Waals surface area contributed by atoms with Crippen molar-refractivity contribution in [3.8, 4) is 0 Å². The van der Waals surface area contributed by atoms with Gasteiger partial charge in [-0.05, 0) is 18.6 Å². The monoisotopic (exact) mass is 322 g/mol. The Hall–Kier alpha value is -2.46. The third-order valence-corrected chi connectivity index (χ3v) is 4.48. The van der Waals surface area contributed by atoms with E-state index in [1.807, 2.05) is 60.4 Å². The molecule has 0 aromatic heterocycles. The van der Waals surface area contributed by atoms with Gasteiger partial charge in [0.05, 0.1) is 5.92 Å². The molecule has 0 bridgehead atoms. The van der Waals surface area contributed by atoms with Crippen LogP contribution in [0, 0.1) is 0 Å². The van der Waals surface area contributed by atoms with Crippen LogP contribution in [-0.2, 0) is 4.79 Å². The normalized spacial score (nSPS) is 15.8. The van der Waals surface area contributed by atoms with Crippen molar-refractivity contribution in [3.63, 3.8) is 0 Å². The van der Waals surface area contributed by atoms with E-state index in [9.17, 15) is 9.59 Å². The number of amides is 1. The predicted molar refractivity (Wildman–Crippen MR) is 94.2 cm³/mol. The molecule has 2 aromatic carbocycles. The second kappa shape index (κ2) is 7.41. The van der Waals surface area contributed by atoms with Gasteiger partial charge in [-0.25, -0.2) is 0 Å². The molecule has 1 fully saturated rings. The zero-order valence-electron chi connectivity index (χ0n) is 13.9. The lowest BCUT2D eigenvalue weighted by atomic mass is 9.94. The summed E-state index contributed by atoms with van der Waals surface area (Å²) in [5, 5.41) is 3.25. The van der Waals surface area contributed by atoms with Gasteiger partial charge in [-0.2, -0.15) is 0 Å². The topological polar surface area (TPSA) is 49.4 Å². The number of carbonyl (C=O) groups is 2. The van der Waals surface area contributed by atoms with Crippen LogP contribution in [0.1, 0.15) is 34.3 Å². The predicted octanol–water partition coefficient (Wildman–Crippen LogP) is 2.45. The van der Waals surface area contributed by atoms with Gasteiger partial charge in [0.15, 0.2) is 5.78 Å². The van der Waals surface area contributed by atoms with E-state index in [0.29, 0.717) is 11.1 Å². The van der Waals surface area contributed by atoms with Crippen LogP contribution in [0.5, 0.6) is 0 Å². The number of ketones is 1. The van der Waals surface area contributed by atoms with Gasteiger partial charge in [-0.3, -0.25) is 9.59 Å². The highest BCUT2D eigenvalue weighted by Crippen LogP contribution is 2.21. The van der Waals surface area contributed by atoms with Gasteiger partial charge in [0, 0.05) is 37.3 Å². The van der Waals surface area contributed by atoms with E-state index in [4.69, 9.17) is 0 Å². The smallest absolute Gasteiger partial charge is 0.229 e. The van der Waals surface area contributed by atoms with Gasteiger partial charge in [0.1, 0.15) is 0 Å². The van der Waals surface area contributed by atoms with Crippen LogP contribution in [0.15, 0.2) is 54.6 Å². The summed E-state index contributed by atoms with van der Waals surface area (Å²) in [6.45, 7) is 5.07. The highest BCUT2D eigenvalue weighted by Gasteiger charge is 2.23. The molecule has 124 valence electrons. The Labute approximate surface area is 142 Å². The molecule has 1 aliphatic heterocycles. The lowest BCUT2D eigenvalue weighted by Gasteiger charge is -2.30. The molecule has 1 amide bonds. The fourth-order valence-corrected chi connectivity index (χ4v) is 3.01. The van der Waals surface area contributed by atoms with Crippen molar-refractivity contribution in [2.24, 2.45) is 0 Å². The van der Waals surface area contributed by atoms with Gasteiger partial charge in [-0.1, -0.05) is 48.5 Å². The molecule has 2 aromatic rings. The summed E-state index contributed by atoms with van der Waals surface area (Å²) in [4.78, 5) is 27.1. The summed E-state index contributed by atoms with van der Waals surface area (Å²) in [6, 6.07) is 16.7. The van der Waals surface area contributed by atoms with Gasteiger partial charge >= 0.3 is 0 Å². The molecule has 4 nitrogen and oxygen atoms in total. The number of benzene rings is 2. The van der Waals surface area contributed by atoms with E-state index in [-0.39, 0.29) is 17.6 Å². The first-order valence-electron chi connectivity index (χ1n) is 8.36. The van der Waals surface area contributed by atoms with Crippen molar-refractivity contribution >= 4 is 11.7 Å². The van der Waals surface area contributed by atoms with Gasteiger partial charge in [-0.15, -0.1) is 0 Å². The van der Waals surface area contributed by atoms with Crippen molar-refractivity contribution in [1.29, 1.82) is 0 Å². The molecule has 4 heteroatoms. The van der Waals surface area contributed by atoms with E-state index in [1.165, 1.54) is 0 Å². The number of hydrogen-bond donors (Lipinski definition) is 1.